The van der Waals surface area contributed by atoms with Gasteiger partial charge < -0.3 is 10.1 Å². The molecule has 134 valence electrons. The lowest BCUT2D eigenvalue weighted by Gasteiger charge is -2.25. The molecule has 9 nitrogen and oxygen atoms in total. The minimum absolute atomic E-state index is 0.0550. The van der Waals surface area contributed by atoms with E-state index in [4.69, 9.17) is 16.3 Å². The zero-order valence-corrected chi connectivity index (χ0v) is 14.7. The molecule has 10 heteroatoms. The molecule has 25 heavy (non-hydrogen) atoms. The van der Waals surface area contributed by atoms with Gasteiger partial charge in [-0.25, -0.2) is 0 Å². The molecule has 0 fully saturated rings. The van der Waals surface area contributed by atoms with Crippen molar-refractivity contribution < 1.29 is 19.2 Å². The molecule has 0 saturated heterocycles. The van der Waals surface area contributed by atoms with Crippen molar-refractivity contribution in [1.29, 1.82) is 0 Å². The van der Waals surface area contributed by atoms with E-state index in [-0.39, 0.29) is 23.9 Å². The van der Waals surface area contributed by atoms with Crippen LogP contribution in [0.5, 0.6) is 0 Å². The van der Waals surface area contributed by atoms with Crippen LogP contribution < -0.4 is 5.32 Å². The standard InChI is InChI=1S/C15H17ClN4O5/c1-15(2,8-25-12(21)7-16)17-14(22)13-10-5-4-9(20(23)24)6-11(10)19(3)18-13/h4-6H,7-8H2,1-3H3,(H,17,22). The first kappa shape index (κ1) is 18.7. The van der Waals surface area contributed by atoms with E-state index in [1.54, 1.807) is 20.9 Å². The minimum Gasteiger partial charge on any atom is -0.462 e. The average molecular weight is 369 g/mol. The number of hydrogen-bond donors (Lipinski definition) is 1. The molecule has 0 radical (unpaired) electrons. The third-order valence-corrected chi connectivity index (χ3v) is 3.63. The number of amides is 1. The molecule has 1 heterocycles. The van der Waals surface area contributed by atoms with Crippen LogP contribution in [0.4, 0.5) is 5.69 Å². The molecular formula is C15H17ClN4O5. The quantitative estimate of drug-likeness (QED) is 0.359. The maximum absolute atomic E-state index is 12.5. The molecule has 1 aromatic carbocycles. The summed E-state index contributed by atoms with van der Waals surface area (Å²) in [6, 6.07) is 4.15. The van der Waals surface area contributed by atoms with Crippen LogP contribution in [0.2, 0.25) is 0 Å². The van der Waals surface area contributed by atoms with E-state index in [0.717, 1.165) is 0 Å². The van der Waals surface area contributed by atoms with Gasteiger partial charge in [0.2, 0.25) is 0 Å². The van der Waals surface area contributed by atoms with Crippen molar-refractivity contribution in [2.75, 3.05) is 12.5 Å². The molecule has 0 unspecified atom stereocenters. The second kappa shape index (κ2) is 7.06. The minimum atomic E-state index is -0.844. The smallest absolute Gasteiger partial charge is 0.320 e. The fourth-order valence-electron chi connectivity index (χ4n) is 2.23. The third-order valence-electron chi connectivity index (χ3n) is 3.42. The Bertz CT molecular complexity index is 846. The Balaban J connectivity index is 2.24. The summed E-state index contributed by atoms with van der Waals surface area (Å²) in [7, 11) is 1.59. The van der Waals surface area contributed by atoms with Crippen molar-refractivity contribution in [3.05, 3.63) is 34.0 Å². The largest absolute Gasteiger partial charge is 0.462 e. The van der Waals surface area contributed by atoms with Crippen LogP contribution in [0.15, 0.2) is 18.2 Å². The Morgan fingerprint density at radius 1 is 1.44 bits per heavy atom. The number of nitrogens with zero attached hydrogens (tertiary/aromatic N) is 3. The predicted octanol–water partition coefficient (Wildman–Crippen LogP) is 1.77. The molecule has 1 aromatic heterocycles. The number of hydrogen-bond acceptors (Lipinski definition) is 6. The van der Waals surface area contributed by atoms with Gasteiger partial charge in [-0.2, -0.15) is 5.10 Å². The van der Waals surface area contributed by atoms with Crippen LogP contribution in [0.1, 0.15) is 24.3 Å². The van der Waals surface area contributed by atoms with Crippen LogP contribution in [0.3, 0.4) is 0 Å². The van der Waals surface area contributed by atoms with Crippen LogP contribution in [-0.4, -0.2) is 44.6 Å². The maximum atomic E-state index is 12.5. The molecule has 0 atom stereocenters. The van der Waals surface area contributed by atoms with Gasteiger partial charge in [0.25, 0.3) is 11.6 Å². The number of carbonyl (C=O) groups excluding carboxylic acids is 2. The highest BCUT2D eigenvalue weighted by Crippen LogP contribution is 2.23. The SMILES string of the molecule is Cn1nc(C(=O)NC(C)(C)COC(=O)CCl)c2ccc([N+](=O)[O-])cc21. The average Bonchev–Trinajstić information content (AvgIpc) is 2.89. The van der Waals surface area contributed by atoms with E-state index >= 15 is 0 Å². The summed E-state index contributed by atoms with van der Waals surface area (Å²) in [4.78, 5) is 34.0. The number of benzene rings is 1. The number of nitro benzene ring substituents is 1. The van der Waals surface area contributed by atoms with Crippen LogP contribution in [0.25, 0.3) is 10.9 Å². The number of carbonyl (C=O) groups is 2. The number of alkyl halides is 1. The number of nitrogens with one attached hydrogen (secondary N) is 1. The summed E-state index contributed by atoms with van der Waals surface area (Å²) in [6.07, 6.45) is 0. The predicted molar refractivity (Wildman–Crippen MR) is 90.6 cm³/mol. The fourth-order valence-corrected chi connectivity index (χ4v) is 2.31. The lowest BCUT2D eigenvalue weighted by molar-refractivity contribution is -0.384. The number of esters is 1. The number of nitro groups is 1. The summed E-state index contributed by atoms with van der Waals surface area (Å²) < 4.78 is 6.34. The van der Waals surface area contributed by atoms with Crippen LogP contribution >= 0.6 is 11.6 Å². The van der Waals surface area contributed by atoms with Gasteiger partial charge >= 0.3 is 5.97 Å². The molecular weight excluding hydrogens is 352 g/mol. The highest BCUT2D eigenvalue weighted by molar-refractivity contribution is 6.26. The summed E-state index contributed by atoms with van der Waals surface area (Å²) in [5, 5.41) is 18.2. The molecule has 0 aliphatic carbocycles. The molecule has 0 saturated carbocycles. The number of non-ortho nitro benzene ring substituents is 1. The monoisotopic (exact) mass is 368 g/mol. The Kier molecular flexibility index (Phi) is 5.27. The Hall–Kier alpha value is -2.68. The number of rotatable bonds is 6. The van der Waals surface area contributed by atoms with Crippen molar-refractivity contribution in [1.82, 2.24) is 15.1 Å². The van der Waals surface area contributed by atoms with Crippen molar-refractivity contribution in [2.24, 2.45) is 7.05 Å². The maximum Gasteiger partial charge on any atom is 0.320 e. The number of aromatic nitrogens is 2. The van der Waals surface area contributed by atoms with Crippen LogP contribution in [0, 0.1) is 10.1 Å². The lowest BCUT2D eigenvalue weighted by Crippen LogP contribution is -2.47. The number of fused-ring (bicyclic) bond motifs is 1. The summed E-state index contributed by atoms with van der Waals surface area (Å²) in [5.41, 5.74) is -0.339. The van der Waals surface area contributed by atoms with Crippen molar-refractivity contribution in [3.8, 4) is 0 Å². The highest BCUT2D eigenvalue weighted by atomic mass is 35.5. The van der Waals surface area contributed by atoms with E-state index < -0.39 is 22.3 Å². The molecule has 1 amide bonds. The van der Waals surface area contributed by atoms with Gasteiger partial charge in [0, 0.05) is 24.6 Å². The van der Waals surface area contributed by atoms with Crippen molar-refractivity contribution >= 4 is 40.1 Å². The zero-order chi connectivity index (χ0) is 18.8. The van der Waals surface area contributed by atoms with Gasteiger partial charge in [0.05, 0.1) is 16.0 Å². The molecule has 0 bridgehead atoms. The molecule has 2 rings (SSSR count). The molecule has 0 aliphatic rings. The van der Waals surface area contributed by atoms with Gasteiger partial charge in [-0.1, -0.05) is 0 Å². The topological polar surface area (TPSA) is 116 Å². The molecule has 0 spiro atoms. The van der Waals surface area contributed by atoms with E-state index in [1.165, 1.54) is 22.9 Å². The van der Waals surface area contributed by atoms with Crippen molar-refractivity contribution in [2.45, 2.75) is 19.4 Å². The first-order valence-corrected chi connectivity index (χ1v) is 7.83. The van der Waals surface area contributed by atoms with Gasteiger partial charge in [0.15, 0.2) is 5.69 Å². The number of aryl methyl sites for hydroxylation is 1. The summed E-state index contributed by atoms with van der Waals surface area (Å²) >= 11 is 5.36. The summed E-state index contributed by atoms with van der Waals surface area (Å²) in [6.45, 7) is 3.31. The second-order valence-electron chi connectivity index (χ2n) is 6.06. The Labute approximate surface area is 148 Å². The summed E-state index contributed by atoms with van der Waals surface area (Å²) in [5.74, 6) is -1.33. The first-order valence-electron chi connectivity index (χ1n) is 7.30. The third kappa shape index (κ3) is 4.24. The van der Waals surface area contributed by atoms with Crippen LogP contribution in [-0.2, 0) is 16.6 Å². The first-order chi connectivity index (χ1) is 11.6. The number of halogens is 1. The zero-order valence-electron chi connectivity index (χ0n) is 13.9. The Morgan fingerprint density at radius 3 is 2.72 bits per heavy atom. The molecule has 1 N–H and O–H groups in total. The normalized spacial score (nSPS) is 11.4. The van der Waals surface area contributed by atoms with Gasteiger partial charge in [-0.3, -0.25) is 24.4 Å². The number of ether oxygens (including phenoxy) is 1. The molecule has 2 aromatic rings. The molecule has 0 aliphatic heterocycles. The second-order valence-corrected chi connectivity index (χ2v) is 6.33. The van der Waals surface area contributed by atoms with E-state index in [0.29, 0.717) is 10.9 Å². The Morgan fingerprint density at radius 2 is 2.12 bits per heavy atom. The van der Waals surface area contributed by atoms with Gasteiger partial charge in [-0.05, 0) is 19.9 Å². The fraction of sp³-hybridized carbons (Fsp3) is 0.400. The van der Waals surface area contributed by atoms with Crippen molar-refractivity contribution in [3.63, 3.8) is 0 Å². The van der Waals surface area contributed by atoms with E-state index in [9.17, 15) is 19.7 Å². The van der Waals surface area contributed by atoms with E-state index in [1.807, 2.05) is 0 Å². The van der Waals surface area contributed by atoms with Gasteiger partial charge in [0.1, 0.15) is 12.5 Å². The van der Waals surface area contributed by atoms with Gasteiger partial charge in [-0.15, -0.1) is 11.6 Å². The van der Waals surface area contributed by atoms with E-state index in [2.05, 4.69) is 10.4 Å². The lowest BCUT2D eigenvalue weighted by atomic mass is 10.1. The highest BCUT2D eigenvalue weighted by Gasteiger charge is 2.26.